The number of aromatic amines is 1. The highest BCUT2D eigenvalue weighted by atomic mass is 16.5. The number of carbonyl (C=O) groups excluding carboxylic acids is 1. The van der Waals surface area contributed by atoms with Crippen LogP contribution in [0.3, 0.4) is 0 Å². The smallest absolute Gasteiger partial charge is 0.328 e. The second-order valence-electron chi connectivity index (χ2n) is 5.44. The van der Waals surface area contributed by atoms with Crippen LogP contribution in [0.1, 0.15) is 16.1 Å². The van der Waals surface area contributed by atoms with Gasteiger partial charge in [-0.25, -0.2) is 9.78 Å². The number of fused-ring (bicyclic) bond motifs is 1. The van der Waals surface area contributed by atoms with E-state index >= 15 is 0 Å². The first-order valence-electron chi connectivity index (χ1n) is 7.50. The minimum Gasteiger partial charge on any atom is -0.497 e. The fourth-order valence-electron chi connectivity index (χ4n) is 2.40. The Labute approximate surface area is 142 Å². The Morgan fingerprint density at radius 2 is 2.00 bits per heavy atom. The molecular weight excluding hydrogens is 324 g/mol. The van der Waals surface area contributed by atoms with Crippen LogP contribution in [0, 0.1) is 0 Å². The number of benzene rings is 1. The van der Waals surface area contributed by atoms with E-state index in [2.05, 4.69) is 15.3 Å². The molecule has 0 saturated heterocycles. The summed E-state index contributed by atoms with van der Waals surface area (Å²) < 4.78 is 6.35. The normalized spacial score (nSPS) is 10.6. The molecule has 25 heavy (non-hydrogen) atoms. The first-order valence-corrected chi connectivity index (χ1v) is 7.50. The third-order valence-corrected chi connectivity index (χ3v) is 3.86. The fraction of sp³-hybridized carbons (Fsp3) is 0.176. The van der Waals surface area contributed by atoms with E-state index in [0.717, 1.165) is 11.3 Å². The highest BCUT2D eigenvalue weighted by Crippen LogP contribution is 2.11. The number of nitrogens with one attached hydrogen (secondary N) is 2. The molecule has 0 bridgehead atoms. The van der Waals surface area contributed by atoms with Crippen molar-refractivity contribution in [1.29, 1.82) is 0 Å². The number of carbonyl (C=O) groups is 1. The molecule has 0 atom stereocenters. The van der Waals surface area contributed by atoms with E-state index in [0.29, 0.717) is 12.1 Å². The van der Waals surface area contributed by atoms with Gasteiger partial charge in [-0.1, -0.05) is 12.1 Å². The minimum absolute atomic E-state index is 0.102. The monoisotopic (exact) mass is 340 g/mol. The van der Waals surface area contributed by atoms with Gasteiger partial charge in [-0.05, 0) is 23.8 Å². The number of methoxy groups -OCH3 is 1. The summed E-state index contributed by atoms with van der Waals surface area (Å²) in [6.45, 7) is 0.312. The van der Waals surface area contributed by atoms with Crippen LogP contribution in [0.5, 0.6) is 5.75 Å². The van der Waals surface area contributed by atoms with Gasteiger partial charge in [0.2, 0.25) is 0 Å². The van der Waals surface area contributed by atoms with Crippen molar-refractivity contribution in [3.05, 3.63) is 68.6 Å². The van der Waals surface area contributed by atoms with Gasteiger partial charge in [0.25, 0.3) is 11.5 Å². The Balaban J connectivity index is 1.82. The van der Waals surface area contributed by atoms with Gasteiger partial charge in [-0.15, -0.1) is 0 Å². The molecule has 2 heterocycles. The molecule has 0 aliphatic heterocycles. The third-order valence-electron chi connectivity index (χ3n) is 3.86. The SMILES string of the molecule is COc1ccc(CNC(=O)c2cc3c(=O)[nH]c(=O)n(C)c3cn2)cc1. The molecule has 8 nitrogen and oxygen atoms in total. The molecule has 1 amide bonds. The molecule has 0 aliphatic carbocycles. The van der Waals surface area contributed by atoms with Crippen molar-refractivity contribution in [2.75, 3.05) is 7.11 Å². The Bertz CT molecular complexity index is 1050. The predicted octanol–water partition coefficient (Wildman–Crippen LogP) is 0.560. The maximum absolute atomic E-state index is 12.3. The van der Waals surface area contributed by atoms with Crippen molar-refractivity contribution >= 4 is 16.8 Å². The maximum atomic E-state index is 12.3. The summed E-state index contributed by atoms with van der Waals surface area (Å²) >= 11 is 0. The molecule has 0 aliphatic rings. The zero-order valence-corrected chi connectivity index (χ0v) is 13.7. The van der Waals surface area contributed by atoms with Crippen LogP contribution < -0.4 is 21.3 Å². The average Bonchev–Trinajstić information content (AvgIpc) is 2.64. The lowest BCUT2D eigenvalue weighted by Gasteiger charge is -2.07. The van der Waals surface area contributed by atoms with Gasteiger partial charge < -0.3 is 10.1 Å². The number of pyridine rings is 1. The molecule has 8 heteroatoms. The van der Waals surface area contributed by atoms with Crippen LogP contribution in [0.15, 0.2) is 46.1 Å². The zero-order valence-electron chi connectivity index (χ0n) is 13.7. The largest absolute Gasteiger partial charge is 0.497 e. The van der Waals surface area contributed by atoms with Crippen LogP contribution in [0.2, 0.25) is 0 Å². The summed E-state index contributed by atoms with van der Waals surface area (Å²) in [6, 6.07) is 8.66. The molecule has 0 spiro atoms. The first kappa shape index (κ1) is 16.4. The lowest BCUT2D eigenvalue weighted by Crippen LogP contribution is -2.29. The number of aryl methyl sites for hydroxylation is 1. The molecule has 0 fully saturated rings. The molecule has 3 rings (SSSR count). The zero-order chi connectivity index (χ0) is 18.0. The van der Waals surface area contributed by atoms with Crippen LogP contribution in [0.4, 0.5) is 0 Å². The van der Waals surface area contributed by atoms with E-state index in [4.69, 9.17) is 4.74 Å². The van der Waals surface area contributed by atoms with E-state index in [1.54, 1.807) is 19.2 Å². The number of ether oxygens (including phenoxy) is 1. The lowest BCUT2D eigenvalue weighted by molar-refractivity contribution is 0.0946. The molecule has 2 aromatic heterocycles. The lowest BCUT2D eigenvalue weighted by atomic mass is 10.2. The van der Waals surface area contributed by atoms with Crippen LogP contribution in [-0.2, 0) is 13.6 Å². The molecule has 0 saturated carbocycles. The first-order chi connectivity index (χ1) is 12.0. The summed E-state index contributed by atoms with van der Waals surface area (Å²) in [6.07, 6.45) is 1.34. The van der Waals surface area contributed by atoms with Gasteiger partial charge in [-0.2, -0.15) is 0 Å². The fourth-order valence-corrected chi connectivity index (χ4v) is 2.40. The molecular formula is C17H16N4O4. The van der Waals surface area contributed by atoms with Gasteiger partial charge in [0.05, 0.1) is 24.2 Å². The molecule has 128 valence electrons. The van der Waals surface area contributed by atoms with E-state index in [9.17, 15) is 14.4 Å². The number of H-pyrrole nitrogens is 1. The quantitative estimate of drug-likeness (QED) is 0.722. The van der Waals surface area contributed by atoms with Crippen molar-refractivity contribution in [1.82, 2.24) is 19.9 Å². The second-order valence-corrected chi connectivity index (χ2v) is 5.44. The number of aromatic nitrogens is 3. The van der Waals surface area contributed by atoms with E-state index in [-0.39, 0.29) is 11.1 Å². The highest BCUT2D eigenvalue weighted by molar-refractivity contribution is 5.95. The number of hydrogen-bond acceptors (Lipinski definition) is 5. The van der Waals surface area contributed by atoms with Gasteiger partial charge in [0.15, 0.2) is 0 Å². The number of amides is 1. The van der Waals surface area contributed by atoms with Gasteiger partial charge >= 0.3 is 5.69 Å². The number of rotatable bonds is 4. The summed E-state index contributed by atoms with van der Waals surface area (Å²) in [7, 11) is 3.10. The Morgan fingerprint density at radius 1 is 1.28 bits per heavy atom. The standard InChI is InChI=1S/C17H16N4O4/c1-21-14-9-18-13(7-12(14)15(22)20-17(21)24)16(23)19-8-10-3-5-11(25-2)6-4-10/h3-7,9H,8H2,1-2H3,(H,19,23)(H,20,22,24). The summed E-state index contributed by atoms with van der Waals surface area (Å²) in [5.41, 5.74) is 0.279. The average molecular weight is 340 g/mol. The second kappa shape index (κ2) is 6.60. The Morgan fingerprint density at radius 3 is 2.68 bits per heavy atom. The topological polar surface area (TPSA) is 106 Å². The molecule has 0 unspecified atom stereocenters. The molecule has 1 aromatic carbocycles. The van der Waals surface area contributed by atoms with Crippen molar-refractivity contribution in [2.45, 2.75) is 6.54 Å². The third kappa shape index (κ3) is 3.27. The summed E-state index contributed by atoms with van der Waals surface area (Å²) in [4.78, 5) is 42.0. The van der Waals surface area contributed by atoms with Crippen molar-refractivity contribution in [3.63, 3.8) is 0 Å². The summed E-state index contributed by atoms with van der Waals surface area (Å²) in [5, 5.41) is 2.97. The van der Waals surface area contributed by atoms with E-state index < -0.39 is 17.2 Å². The van der Waals surface area contributed by atoms with Crippen molar-refractivity contribution < 1.29 is 9.53 Å². The maximum Gasteiger partial charge on any atom is 0.328 e. The van der Waals surface area contributed by atoms with Gasteiger partial charge in [0, 0.05) is 13.6 Å². The molecule has 0 radical (unpaired) electrons. The van der Waals surface area contributed by atoms with Gasteiger partial charge in [-0.3, -0.25) is 19.1 Å². The van der Waals surface area contributed by atoms with Crippen molar-refractivity contribution in [3.8, 4) is 5.75 Å². The molecule has 2 N–H and O–H groups in total. The van der Waals surface area contributed by atoms with E-state index in [1.807, 2.05) is 12.1 Å². The predicted molar refractivity (Wildman–Crippen MR) is 91.8 cm³/mol. The number of nitrogens with zero attached hydrogens (tertiary/aromatic N) is 2. The molecule has 3 aromatic rings. The summed E-state index contributed by atoms with van der Waals surface area (Å²) in [5.74, 6) is 0.321. The van der Waals surface area contributed by atoms with Crippen molar-refractivity contribution in [2.24, 2.45) is 7.05 Å². The Kier molecular flexibility index (Phi) is 4.34. The minimum atomic E-state index is -0.551. The number of hydrogen-bond donors (Lipinski definition) is 2. The van der Waals surface area contributed by atoms with Crippen LogP contribution in [-0.4, -0.2) is 27.6 Å². The Hall–Kier alpha value is -3.42. The van der Waals surface area contributed by atoms with Crippen LogP contribution >= 0.6 is 0 Å². The van der Waals surface area contributed by atoms with E-state index in [1.165, 1.54) is 23.9 Å². The van der Waals surface area contributed by atoms with Gasteiger partial charge in [0.1, 0.15) is 11.4 Å². The highest BCUT2D eigenvalue weighted by Gasteiger charge is 2.11. The van der Waals surface area contributed by atoms with Crippen LogP contribution in [0.25, 0.3) is 10.9 Å².